The van der Waals surface area contributed by atoms with Crippen molar-refractivity contribution in [2.75, 3.05) is 25.1 Å². The van der Waals surface area contributed by atoms with E-state index >= 15 is 0 Å². The number of carbonyl (C=O) groups is 1. The summed E-state index contributed by atoms with van der Waals surface area (Å²) in [4.78, 5) is 27.2. The van der Waals surface area contributed by atoms with Crippen LogP contribution < -0.4 is 13.8 Å². The number of hydrogen-bond acceptors (Lipinski definition) is 10. The van der Waals surface area contributed by atoms with E-state index in [4.69, 9.17) is 14.2 Å². The van der Waals surface area contributed by atoms with Gasteiger partial charge in [-0.2, -0.15) is 0 Å². The maximum absolute atomic E-state index is 13.4. The Balaban J connectivity index is 2.09. The molecule has 3 rings (SSSR count). The lowest BCUT2D eigenvalue weighted by Crippen LogP contribution is -2.37. The van der Waals surface area contributed by atoms with Crippen LogP contribution in [0.5, 0.6) is 11.5 Å². The number of rotatable bonds is 8. The largest absolute Gasteiger partial charge is 0.493 e. The van der Waals surface area contributed by atoms with Crippen molar-refractivity contribution in [3.8, 4) is 22.8 Å². The molecule has 2 aromatic carbocycles. The molecule has 0 fully saturated rings. The standard InChI is InChI=1S/C20H19N3O8S2/c1-4-31-20(24)22(33(27,28)15-8-9-17(29-2)18(11-15)30-3)19-21-16(12-32-19)13-6-5-7-14(10-13)23(25)26/h5-12H,4H2,1-3H3. The number of benzene rings is 2. The van der Waals surface area contributed by atoms with E-state index in [1.807, 2.05) is 0 Å². The van der Waals surface area contributed by atoms with Crippen LogP contribution in [0.25, 0.3) is 11.3 Å². The quantitative estimate of drug-likeness (QED) is 0.335. The summed E-state index contributed by atoms with van der Waals surface area (Å²) in [7, 11) is -1.71. The maximum atomic E-state index is 13.4. The van der Waals surface area contributed by atoms with Gasteiger partial charge in [-0.3, -0.25) is 10.1 Å². The number of non-ortho nitro benzene ring substituents is 1. The number of nitro benzene ring substituents is 1. The van der Waals surface area contributed by atoms with Gasteiger partial charge in [-0.25, -0.2) is 18.2 Å². The number of anilines is 1. The van der Waals surface area contributed by atoms with Gasteiger partial charge >= 0.3 is 6.09 Å². The average molecular weight is 494 g/mol. The lowest BCUT2D eigenvalue weighted by atomic mass is 10.1. The van der Waals surface area contributed by atoms with E-state index in [1.54, 1.807) is 6.07 Å². The van der Waals surface area contributed by atoms with Crippen molar-refractivity contribution in [1.29, 1.82) is 0 Å². The van der Waals surface area contributed by atoms with Crippen LogP contribution in [-0.2, 0) is 14.8 Å². The fourth-order valence-electron chi connectivity index (χ4n) is 2.81. The lowest BCUT2D eigenvalue weighted by Gasteiger charge is -2.19. The predicted octanol–water partition coefficient (Wildman–Crippen LogP) is 4.09. The summed E-state index contributed by atoms with van der Waals surface area (Å²) in [6.07, 6.45) is -1.15. The Morgan fingerprint density at radius 1 is 1.15 bits per heavy atom. The molecule has 0 atom stereocenters. The van der Waals surface area contributed by atoms with Crippen LogP contribution in [0.15, 0.2) is 52.7 Å². The molecule has 174 valence electrons. The molecule has 11 nitrogen and oxygen atoms in total. The van der Waals surface area contributed by atoms with E-state index in [9.17, 15) is 23.3 Å². The van der Waals surface area contributed by atoms with Crippen molar-refractivity contribution in [1.82, 2.24) is 4.98 Å². The van der Waals surface area contributed by atoms with Crippen LogP contribution in [0, 0.1) is 10.1 Å². The van der Waals surface area contributed by atoms with Crippen molar-refractivity contribution in [2.24, 2.45) is 0 Å². The topological polar surface area (TPSA) is 138 Å². The zero-order chi connectivity index (χ0) is 24.2. The van der Waals surface area contributed by atoms with E-state index in [0.29, 0.717) is 15.6 Å². The summed E-state index contributed by atoms with van der Waals surface area (Å²) < 4.78 is 42.5. The molecule has 13 heteroatoms. The highest BCUT2D eigenvalue weighted by molar-refractivity contribution is 7.93. The summed E-state index contributed by atoms with van der Waals surface area (Å²) in [6, 6.07) is 9.57. The Kier molecular flexibility index (Phi) is 7.13. The molecular weight excluding hydrogens is 474 g/mol. The van der Waals surface area contributed by atoms with Crippen molar-refractivity contribution in [2.45, 2.75) is 11.8 Å². The first kappa shape index (κ1) is 23.9. The fourth-order valence-corrected chi connectivity index (χ4v) is 5.17. The van der Waals surface area contributed by atoms with Gasteiger partial charge in [-0.15, -0.1) is 15.6 Å². The molecule has 0 N–H and O–H groups in total. The number of nitrogens with zero attached hydrogens (tertiary/aromatic N) is 3. The normalized spacial score (nSPS) is 11.0. The SMILES string of the molecule is CCOC(=O)N(c1nc(-c2cccc([N+](=O)[O-])c2)cs1)S(=O)(=O)c1ccc(OC)c(OC)c1. The highest BCUT2D eigenvalue weighted by atomic mass is 32.2. The van der Waals surface area contributed by atoms with Gasteiger partial charge < -0.3 is 14.2 Å². The summed E-state index contributed by atoms with van der Waals surface area (Å²) in [5.74, 6) is 0.458. The van der Waals surface area contributed by atoms with Gasteiger partial charge in [-0.1, -0.05) is 12.1 Å². The van der Waals surface area contributed by atoms with E-state index < -0.39 is 21.0 Å². The molecule has 0 aliphatic rings. The molecule has 0 radical (unpaired) electrons. The third-order valence-electron chi connectivity index (χ3n) is 4.35. The maximum Gasteiger partial charge on any atom is 0.430 e. The first-order valence-corrected chi connectivity index (χ1v) is 11.7. The Hall–Kier alpha value is -3.71. The molecule has 0 aliphatic carbocycles. The third-order valence-corrected chi connectivity index (χ3v) is 6.94. The highest BCUT2D eigenvalue weighted by Gasteiger charge is 2.35. The molecule has 1 amide bonds. The number of thiazole rings is 1. The van der Waals surface area contributed by atoms with Gasteiger partial charge in [0.15, 0.2) is 11.5 Å². The second kappa shape index (κ2) is 9.83. The van der Waals surface area contributed by atoms with Crippen LogP contribution in [0.1, 0.15) is 6.92 Å². The molecule has 0 bridgehead atoms. The molecule has 0 spiro atoms. The van der Waals surface area contributed by atoms with Gasteiger partial charge in [0, 0.05) is 29.1 Å². The number of sulfonamides is 1. The summed E-state index contributed by atoms with van der Waals surface area (Å²) in [5, 5.41) is 12.4. The minimum atomic E-state index is -4.46. The smallest absolute Gasteiger partial charge is 0.430 e. The van der Waals surface area contributed by atoms with Crippen LogP contribution in [-0.4, -0.2) is 45.2 Å². The molecular formula is C20H19N3O8S2. The average Bonchev–Trinajstić information content (AvgIpc) is 3.28. The monoisotopic (exact) mass is 493 g/mol. The van der Waals surface area contributed by atoms with Crippen LogP contribution in [0.3, 0.4) is 0 Å². The molecule has 33 heavy (non-hydrogen) atoms. The molecule has 3 aromatic rings. The van der Waals surface area contributed by atoms with Gasteiger partial charge in [0.25, 0.3) is 15.7 Å². The van der Waals surface area contributed by atoms with E-state index in [1.165, 1.54) is 62.9 Å². The highest BCUT2D eigenvalue weighted by Crippen LogP contribution is 2.35. The number of aromatic nitrogens is 1. The van der Waals surface area contributed by atoms with Gasteiger partial charge in [-0.05, 0) is 19.1 Å². The summed E-state index contributed by atoms with van der Waals surface area (Å²) in [6.45, 7) is 1.47. The van der Waals surface area contributed by atoms with Crippen molar-refractivity contribution >= 4 is 38.3 Å². The molecule has 0 saturated heterocycles. The van der Waals surface area contributed by atoms with Gasteiger partial charge in [0.2, 0.25) is 5.13 Å². The zero-order valence-corrected chi connectivity index (χ0v) is 19.4. The first-order chi connectivity index (χ1) is 15.7. The minimum absolute atomic E-state index is 0.0695. The Morgan fingerprint density at radius 3 is 2.52 bits per heavy atom. The zero-order valence-electron chi connectivity index (χ0n) is 17.8. The number of nitro groups is 1. The van der Waals surface area contributed by atoms with E-state index in [2.05, 4.69) is 4.98 Å². The van der Waals surface area contributed by atoms with E-state index in [0.717, 1.165) is 11.3 Å². The second-order valence-corrected chi connectivity index (χ2v) is 8.93. The molecule has 0 aliphatic heterocycles. The Bertz CT molecular complexity index is 1290. The minimum Gasteiger partial charge on any atom is -0.493 e. The predicted molar refractivity (Wildman–Crippen MR) is 120 cm³/mol. The molecule has 1 aromatic heterocycles. The van der Waals surface area contributed by atoms with Crippen LogP contribution >= 0.6 is 11.3 Å². The van der Waals surface area contributed by atoms with Crippen molar-refractivity contribution in [3.63, 3.8) is 0 Å². The fraction of sp³-hybridized carbons (Fsp3) is 0.200. The summed E-state index contributed by atoms with van der Waals surface area (Å²) in [5.41, 5.74) is 0.497. The van der Waals surface area contributed by atoms with Crippen molar-refractivity contribution in [3.05, 3.63) is 58.0 Å². The Morgan fingerprint density at radius 2 is 1.88 bits per heavy atom. The van der Waals surface area contributed by atoms with Crippen LogP contribution in [0.2, 0.25) is 0 Å². The Labute approximate surface area is 193 Å². The molecule has 1 heterocycles. The van der Waals surface area contributed by atoms with Gasteiger partial charge in [0.05, 0.1) is 36.3 Å². The molecule has 0 unspecified atom stereocenters. The lowest BCUT2D eigenvalue weighted by molar-refractivity contribution is -0.384. The van der Waals surface area contributed by atoms with Gasteiger partial charge in [0.1, 0.15) is 0 Å². The first-order valence-electron chi connectivity index (χ1n) is 9.37. The van der Waals surface area contributed by atoms with E-state index in [-0.39, 0.29) is 33.8 Å². The second-order valence-electron chi connectivity index (χ2n) is 6.31. The number of carbonyl (C=O) groups excluding carboxylic acids is 1. The number of hydrogen-bond donors (Lipinski definition) is 0. The van der Waals surface area contributed by atoms with Crippen molar-refractivity contribution < 1.29 is 32.3 Å². The number of amides is 1. The number of ether oxygens (including phenoxy) is 3. The molecule has 0 saturated carbocycles. The third kappa shape index (κ3) is 4.88. The summed E-state index contributed by atoms with van der Waals surface area (Å²) >= 11 is 0.869. The van der Waals surface area contributed by atoms with Crippen LogP contribution in [0.4, 0.5) is 15.6 Å². The number of methoxy groups -OCH3 is 2.